The third-order valence-corrected chi connectivity index (χ3v) is 8.83. The number of rotatable bonds is 6. The molecular weight excluding hydrogens is 652 g/mol. The number of hydrogen-bond donors (Lipinski definition) is 2. The molecule has 0 radical (unpaired) electrons. The minimum Gasteiger partial charge on any atom is -1.00 e. The molecule has 0 aromatic heterocycles. The van der Waals surface area contributed by atoms with Crippen molar-refractivity contribution in [3.63, 3.8) is 0 Å². The summed E-state index contributed by atoms with van der Waals surface area (Å²) in [4.78, 5) is 31.2. The zero-order chi connectivity index (χ0) is 31.1. The first-order chi connectivity index (χ1) is 21.0. The second-order valence-corrected chi connectivity index (χ2v) is 12.1. The number of ether oxygens (including phenoxy) is 3. The van der Waals surface area contributed by atoms with Gasteiger partial charge in [-0.3, -0.25) is 24.4 Å². The Morgan fingerprint density at radius 2 is 1.40 bits per heavy atom. The van der Waals surface area contributed by atoms with E-state index in [0.29, 0.717) is 30.4 Å². The maximum atomic E-state index is 11.1. The molecule has 0 saturated carbocycles. The molecule has 0 spiro atoms. The summed E-state index contributed by atoms with van der Waals surface area (Å²) >= 11 is 3.11. The second kappa shape index (κ2) is 29.0. The second-order valence-electron chi connectivity index (χ2n) is 11.5. The van der Waals surface area contributed by atoms with Crippen LogP contribution in [0.3, 0.4) is 0 Å². The smallest absolute Gasteiger partial charge is 1.00 e. The first-order valence-electron chi connectivity index (χ1n) is 16.2. The molecule has 11 nitrogen and oxygen atoms in total. The molecule has 258 valence electrons. The van der Waals surface area contributed by atoms with Gasteiger partial charge in [-0.15, -0.1) is 0 Å². The Labute approximate surface area is 305 Å². The van der Waals surface area contributed by atoms with Gasteiger partial charge in [0.05, 0.1) is 20.6 Å². The van der Waals surface area contributed by atoms with Gasteiger partial charge in [0.15, 0.2) is 17.4 Å². The number of nitrogens with one attached hydrogen (secondary N) is 1. The fraction of sp³-hybridized carbons (Fsp3) is 0.871. The van der Waals surface area contributed by atoms with Gasteiger partial charge in [0.1, 0.15) is 0 Å². The molecule has 14 heteroatoms. The van der Waals surface area contributed by atoms with Crippen LogP contribution in [0.1, 0.15) is 46.4 Å². The Morgan fingerprint density at radius 3 is 1.71 bits per heavy atom. The zero-order valence-corrected chi connectivity index (χ0v) is 29.3. The Balaban J connectivity index is 0. The van der Waals surface area contributed by atoms with Crippen molar-refractivity contribution in [2.45, 2.75) is 57.0 Å². The average molecular weight is 715 g/mol. The topological polar surface area (TPSA) is 107 Å². The van der Waals surface area contributed by atoms with Crippen LogP contribution in [0.2, 0.25) is 0 Å². The minimum atomic E-state index is -0.315. The molecule has 8 aliphatic heterocycles. The Morgan fingerprint density at radius 1 is 0.867 bits per heavy atom. The van der Waals surface area contributed by atoms with Gasteiger partial charge >= 0.3 is 30.8 Å². The van der Waals surface area contributed by atoms with E-state index in [1.807, 2.05) is 0 Å². The maximum Gasteiger partial charge on any atom is 1.00 e. The number of allylic oxidation sites excluding steroid dienone is 1. The number of carbonyl (C=O) groups excluding carboxylic acids is 2. The Kier molecular flexibility index (Phi) is 29.0. The van der Waals surface area contributed by atoms with Crippen molar-refractivity contribution in [3.05, 3.63) is 12.2 Å². The van der Waals surface area contributed by atoms with Crippen molar-refractivity contribution in [3.8, 4) is 0 Å². The van der Waals surface area contributed by atoms with Gasteiger partial charge in [-0.25, -0.2) is 4.79 Å². The van der Waals surface area contributed by atoms with Crippen LogP contribution in [0, 0.1) is 0 Å². The summed E-state index contributed by atoms with van der Waals surface area (Å²) in [6.07, 6.45) is 11.3. The molecule has 8 heterocycles. The van der Waals surface area contributed by atoms with Gasteiger partial charge in [0.2, 0.25) is 0 Å². The van der Waals surface area contributed by atoms with Crippen molar-refractivity contribution in [2.75, 3.05) is 118 Å². The number of nitrogens with zero attached hydrogens (tertiary/aromatic N) is 4. The number of piperazine rings is 6. The van der Waals surface area contributed by atoms with Crippen LogP contribution in [0.15, 0.2) is 12.2 Å². The van der Waals surface area contributed by atoms with E-state index in [1.54, 1.807) is 6.08 Å². The summed E-state index contributed by atoms with van der Waals surface area (Å²) in [5.74, 6) is -0.400. The first-order valence-corrected chi connectivity index (χ1v) is 17.3. The quantitative estimate of drug-likeness (QED) is 0.132. The largest absolute Gasteiger partial charge is 1.00 e. The zero-order valence-electron chi connectivity index (χ0n) is 28.7. The van der Waals surface area contributed by atoms with Gasteiger partial charge in [0, 0.05) is 109 Å². The van der Waals surface area contributed by atoms with Gasteiger partial charge < -0.3 is 26.1 Å². The molecule has 2 N–H and O–H groups in total. The molecule has 0 aromatic carbocycles. The summed E-state index contributed by atoms with van der Waals surface area (Å²) in [5, 5.41) is 12.8. The summed E-state index contributed by atoms with van der Waals surface area (Å²) in [6, 6.07) is 1.04. The summed E-state index contributed by atoms with van der Waals surface area (Å²) in [5.41, 5.74) is 0. The number of methoxy groups -OCH3 is 2. The molecule has 4 bridgehead atoms. The Hall–Kier alpha value is 0.00987. The molecule has 0 aliphatic carbocycles. The Bertz CT molecular complexity index is 757. The van der Waals surface area contributed by atoms with Crippen molar-refractivity contribution in [1.82, 2.24) is 24.9 Å². The van der Waals surface area contributed by atoms with Crippen LogP contribution in [0.25, 0.3) is 0 Å². The van der Waals surface area contributed by atoms with Crippen LogP contribution in [0.4, 0.5) is 0 Å². The molecule has 8 saturated heterocycles. The van der Waals surface area contributed by atoms with Crippen molar-refractivity contribution >= 4 is 45.2 Å². The maximum absolute atomic E-state index is 11.1. The number of fused-ring (bicyclic) bond motifs is 6. The number of piperidine rings is 1. The summed E-state index contributed by atoms with van der Waals surface area (Å²) in [6.45, 7) is 16.5. The number of halogens is 1. The molecule has 0 aromatic rings. The molecule has 2 atom stereocenters. The van der Waals surface area contributed by atoms with Gasteiger partial charge in [0.25, 0.3) is 0 Å². The third-order valence-electron chi connectivity index (χ3n) is 8.46. The monoisotopic (exact) mass is 713 g/mol. The normalized spacial score (nSPS) is 28.9. The van der Waals surface area contributed by atoms with Crippen LogP contribution < -0.4 is 24.2 Å². The number of aliphatic hydroxyl groups excluding tert-OH is 1. The van der Waals surface area contributed by atoms with E-state index in [-0.39, 0.29) is 49.6 Å². The first kappa shape index (κ1) is 45.0. The van der Waals surface area contributed by atoms with Gasteiger partial charge in [-0.05, 0) is 45.2 Å². The van der Waals surface area contributed by atoms with Crippen LogP contribution in [-0.2, 0) is 23.8 Å². The predicted octanol–water partition coefficient (Wildman–Crippen LogP) is -2.48. The molecule has 8 rings (SSSR count). The van der Waals surface area contributed by atoms with Gasteiger partial charge in [-0.1, -0.05) is 28.4 Å². The van der Waals surface area contributed by atoms with E-state index >= 15 is 0 Å². The van der Waals surface area contributed by atoms with Crippen LogP contribution in [0.5, 0.6) is 0 Å². The number of carbonyl (C=O) groups is 2. The number of hydrogen-bond acceptors (Lipinski definition) is 11. The van der Waals surface area contributed by atoms with E-state index < -0.39 is 0 Å². The molecule has 0 amide bonds. The molecular formula is C31H62AlBrLiN5O6. The fourth-order valence-corrected chi connectivity index (χ4v) is 6.05. The van der Waals surface area contributed by atoms with Crippen molar-refractivity contribution in [2.24, 2.45) is 0 Å². The van der Waals surface area contributed by atoms with Crippen molar-refractivity contribution < 1.29 is 49.2 Å². The SMILES string of the molecule is C1CCNCC1.C1CCOC1.COC(=O)/C=C/CBr.COC(=O)CC1CN2CCN1CC2.OCCC1CN2CCN1CC2.[AlH3].[H-].[Li+]. The minimum absolute atomic E-state index is 0. The van der Waals surface area contributed by atoms with Gasteiger partial charge in [-0.2, -0.15) is 0 Å². The van der Waals surface area contributed by atoms with E-state index in [0.717, 1.165) is 52.4 Å². The van der Waals surface area contributed by atoms with E-state index in [2.05, 4.69) is 50.3 Å². The standard InChI is InChI=1S/C9H16N2O2.C8H16N2O.C5H7BrO2.C5H11N.C4H8O.Al.Li.4H/c1-13-9(12)6-8-7-10-2-4-11(8)5-3-10;11-6-1-8-7-9-2-4-10(8)5-3-9;1-8-5(7)3-2-4-6;1-2-4-6-5-3-1;1-2-4-5-3-1;;;;;;/h8H,2-7H2,1H3;8,11H,1-7H2;2-3H,4H2,1H3;6H,1-5H2;1-4H2;;;;;;/q;;;;;;+1;;;;-1/b;;3-2+;;;;;;;;. The van der Waals surface area contributed by atoms with E-state index in [4.69, 9.17) is 9.84 Å². The molecule has 8 aliphatic rings. The predicted molar refractivity (Wildman–Crippen MR) is 185 cm³/mol. The molecule has 8 fully saturated rings. The van der Waals surface area contributed by atoms with Crippen LogP contribution >= 0.6 is 15.9 Å². The van der Waals surface area contributed by atoms with Crippen molar-refractivity contribution in [1.29, 1.82) is 0 Å². The fourth-order valence-electron chi connectivity index (χ4n) is 5.86. The number of aliphatic hydroxyl groups is 1. The third kappa shape index (κ3) is 20.2. The molecule has 2 unspecified atom stereocenters. The number of alkyl halides is 1. The summed E-state index contributed by atoms with van der Waals surface area (Å²) in [7, 11) is 2.81. The molecule has 45 heavy (non-hydrogen) atoms. The van der Waals surface area contributed by atoms with E-state index in [9.17, 15) is 9.59 Å². The van der Waals surface area contributed by atoms with E-state index in [1.165, 1.54) is 98.2 Å². The average Bonchev–Trinajstić information content (AvgIpc) is 3.67. The van der Waals surface area contributed by atoms with Crippen LogP contribution in [-0.4, -0.2) is 184 Å². The number of esters is 2. The summed E-state index contributed by atoms with van der Waals surface area (Å²) < 4.78 is 13.9.